The van der Waals surface area contributed by atoms with Gasteiger partial charge in [0.25, 0.3) is 0 Å². The maximum Gasteiger partial charge on any atom is 0.145 e. The van der Waals surface area contributed by atoms with Gasteiger partial charge >= 0.3 is 0 Å². The van der Waals surface area contributed by atoms with Crippen molar-refractivity contribution in [2.45, 2.75) is 6.92 Å². The number of nitriles is 1. The molecule has 1 N–H and O–H groups in total. The lowest BCUT2D eigenvalue weighted by Gasteiger charge is -2.04. The fourth-order valence-electron chi connectivity index (χ4n) is 2.32. The molecule has 3 nitrogen and oxygen atoms in total. The van der Waals surface area contributed by atoms with Crippen molar-refractivity contribution in [3.05, 3.63) is 75.1 Å². The highest BCUT2D eigenvalue weighted by Gasteiger charge is 2.16. The molecular formula is C19H13ClN2OS. The Balaban J connectivity index is 2.06. The lowest BCUT2D eigenvalue weighted by Crippen LogP contribution is -1.91. The summed E-state index contributed by atoms with van der Waals surface area (Å²) in [5.74, 6) is -0.159. The van der Waals surface area contributed by atoms with E-state index < -0.39 is 0 Å². The summed E-state index contributed by atoms with van der Waals surface area (Å²) < 4.78 is 0. The molecule has 1 heterocycles. The van der Waals surface area contributed by atoms with Crippen molar-refractivity contribution in [3.63, 3.8) is 0 Å². The molecule has 0 bridgehead atoms. The molecule has 3 rings (SSSR count). The highest BCUT2D eigenvalue weighted by molar-refractivity contribution is 7.11. The quantitative estimate of drug-likeness (QED) is 0.484. The molecule has 0 aliphatic rings. The molecule has 0 unspecified atom stereocenters. The van der Waals surface area contributed by atoms with Crippen LogP contribution in [0.25, 0.3) is 22.6 Å². The molecule has 0 fully saturated rings. The predicted octanol–water partition coefficient (Wildman–Crippen LogP) is 5.72. The summed E-state index contributed by atoms with van der Waals surface area (Å²) in [7, 11) is 0. The summed E-state index contributed by atoms with van der Waals surface area (Å²) in [6, 6.07) is 16.9. The first-order valence-electron chi connectivity index (χ1n) is 7.21. The number of aliphatic hydroxyl groups is 1. The molecule has 0 radical (unpaired) electrons. The molecule has 0 atom stereocenters. The summed E-state index contributed by atoms with van der Waals surface area (Å²) in [6.45, 7) is 2.01. The Morgan fingerprint density at radius 3 is 2.71 bits per heavy atom. The lowest BCUT2D eigenvalue weighted by atomic mass is 10.1. The van der Waals surface area contributed by atoms with Crippen LogP contribution in [0.2, 0.25) is 5.02 Å². The van der Waals surface area contributed by atoms with E-state index in [0.717, 1.165) is 16.8 Å². The number of allylic oxidation sites excluding steroid dienone is 1. The minimum absolute atomic E-state index is 0.118. The summed E-state index contributed by atoms with van der Waals surface area (Å²) in [5, 5.41) is 22.7. The molecule has 0 aliphatic heterocycles. The second-order valence-corrected chi connectivity index (χ2v) is 6.49. The minimum atomic E-state index is -0.159. The molecular weight excluding hydrogens is 340 g/mol. The first kappa shape index (κ1) is 16.3. The van der Waals surface area contributed by atoms with E-state index in [0.29, 0.717) is 15.6 Å². The molecule has 118 valence electrons. The number of aryl methyl sites for hydroxylation is 1. The average Bonchev–Trinajstić information content (AvgIpc) is 3.05. The van der Waals surface area contributed by atoms with E-state index in [4.69, 9.17) is 11.6 Å². The van der Waals surface area contributed by atoms with E-state index in [9.17, 15) is 10.4 Å². The van der Waals surface area contributed by atoms with E-state index >= 15 is 0 Å². The zero-order chi connectivity index (χ0) is 17.1. The van der Waals surface area contributed by atoms with Gasteiger partial charge in [-0.1, -0.05) is 47.5 Å². The fourth-order valence-corrected chi connectivity index (χ4v) is 3.36. The second-order valence-electron chi connectivity index (χ2n) is 5.22. The number of aliphatic hydroxyl groups excluding tert-OH is 1. The van der Waals surface area contributed by atoms with Crippen molar-refractivity contribution in [1.82, 2.24) is 4.98 Å². The van der Waals surface area contributed by atoms with E-state index in [-0.39, 0.29) is 11.3 Å². The van der Waals surface area contributed by atoms with Crippen LogP contribution >= 0.6 is 22.9 Å². The van der Waals surface area contributed by atoms with Gasteiger partial charge in [-0.3, -0.25) is 0 Å². The Morgan fingerprint density at radius 1 is 1.21 bits per heavy atom. The van der Waals surface area contributed by atoms with Gasteiger partial charge in [-0.05, 0) is 25.1 Å². The van der Waals surface area contributed by atoms with Gasteiger partial charge in [0.1, 0.15) is 22.4 Å². The first-order valence-corrected chi connectivity index (χ1v) is 8.47. The van der Waals surface area contributed by atoms with Gasteiger partial charge in [0.15, 0.2) is 0 Å². The third-order valence-corrected chi connectivity index (χ3v) is 4.70. The smallest absolute Gasteiger partial charge is 0.145 e. The summed E-state index contributed by atoms with van der Waals surface area (Å²) in [4.78, 5) is 4.50. The number of thiazole rings is 1. The van der Waals surface area contributed by atoms with Crippen molar-refractivity contribution in [2.75, 3.05) is 0 Å². The van der Waals surface area contributed by atoms with Crippen LogP contribution in [0.1, 0.15) is 16.1 Å². The third kappa shape index (κ3) is 3.18. The number of nitrogens with zero attached hydrogens (tertiary/aromatic N) is 2. The zero-order valence-electron chi connectivity index (χ0n) is 12.8. The second kappa shape index (κ2) is 6.88. The number of halogens is 1. The number of aromatic nitrogens is 1. The Bertz CT molecular complexity index is 969. The number of rotatable bonds is 3. The fraction of sp³-hybridized carbons (Fsp3) is 0.0526. The standard InChI is InChI=1S/C19H13ClN2OS/c1-12-5-4-6-13(9-12)17-11-24-19(22-17)15(10-21)18(23)14-7-2-3-8-16(14)20/h2-9,11,23H,1H3. The summed E-state index contributed by atoms with van der Waals surface area (Å²) in [6.07, 6.45) is 0. The molecule has 0 saturated heterocycles. The summed E-state index contributed by atoms with van der Waals surface area (Å²) >= 11 is 7.42. The third-order valence-electron chi connectivity index (χ3n) is 3.51. The molecule has 3 aromatic rings. The van der Waals surface area contributed by atoms with Gasteiger partial charge < -0.3 is 5.11 Å². The van der Waals surface area contributed by atoms with Gasteiger partial charge in [-0.15, -0.1) is 11.3 Å². The van der Waals surface area contributed by atoms with Crippen molar-refractivity contribution in [2.24, 2.45) is 0 Å². The molecule has 0 saturated carbocycles. The predicted molar refractivity (Wildman–Crippen MR) is 98.8 cm³/mol. The average molecular weight is 353 g/mol. The Labute approximate surface area is 149 Å². The van der Waals surface area contributed by atoms with E-state index in [1.807, 2.05) is 42.6 Å². The van der Waals surface area contributed by atoms with E-state index in [1.54, 1.807) is 24.3 Å². The maximum atomic E-state index is 10.5. The van der Waals surface area contributed by atoms with Gasteiger partial charge in [0, 0.05) is 16.5 Å². The zero-order valence-corrected chi connectivity index (χ0v) is 14.4. The van der Waals surface area contributed by atoms with Crippen LogP contribution in [0.4, 0.5) is 0 Å². The Hall–Kier alpha value is -2.61. The van der Waals surface area contributed by atoms with Crippen LogP contribution in [0.3, 0.4) is 0 Å². The van der Waals surface area contributed by atoms with Crippen LogP contribution in [-0.2, 0) is 0 Å². The topological polar surface area (TPSA) is 56.9 Å². The maximum absolute atomic E-state index is 10.5. The van der Waals surface area contributed by atoms with Gasteiger partial charge in [-0.25, -0.2) is 4.98 Å². The first-order chi connectivity index (χ1) is 11.6. The van der Waals surface area contributed by atoms with Gasteiger partial charge in [0.2, 0.25) is 0 Å². The molecule has 1 aromatic heterocycles. The molecule has 2 aromatic carbocycles. The van der Waals surface area contributed by atoms with Gasteiger partial charge in [0.05, 0.1) is 10.7 Å². The van der Waals surface area contributed by atoms with Crippen molar-refractivity contribution < 1.29 is 5.11 Å². The number of hydrogen-bond donors (Lipinski definition) is 1. The monoisotopic (exact) mass is 352 g/mol. The van der Waals surface area contributed by atoms with Crippen molar-refractivity contribution >= 4 is 34.3 Å². The van der Waals surface area contributed by atoms with Crippen LogP contribution < -0.4 is 0 Å². The van der Waals surface area contributed by atoms with Crippen molar-refractivity contribution in [1.29, 1.82) is 5.26 Å². The van der Waals surface area contributed by atoms with Crippen LogP contribution in [0.15, 0.2) is 53.9 Å². The van der Waals surface area contributed by atoms with Crippen LogP contribution in [0, 0.1) is 18.3 Å². The van der Waals surface area contributed by atoms with Crippen LogP contribution in [-0.4, -0.2) is 10.1 Å². The molecule has 0 spiro atoms. The Kier molecular flexibility index (Phi) is 4.66. The molecule has 24 heavy (non-hydrogen) atoms. The lowest BCUT2D eigenvalue weighted by molar-refractivity contribution is 0.514. The number of hydrogen-bond acceptors (Lipinski definition) is 4. The Morgan fingerprint density at radius 2 is 2.00 bits per heavy atom. The van der Waals surface area contributed by atoms with Gasteiger partial charge in [-0.2, -0.15) is 5.26 Å². The molecule has 5 heteroatoms. The highest BCUT2D eigenvalue weighted by atomic mass is 35.5. The molecule has 0 aliphatic carbocycles. The summed E-state index contributed by atoms with van der Waals surface area (Å²) in [5.41, 5.74) is 3.43. The van der Waals surface area contributed by atoms with Crippen molar-refractivity contribution in [3.8, 4) is 17.3 Å². The SMILES string of the molecule is Cc1cccc(-c2csc(C(C#N)=C(O)c3ccccc3Cl)n2)c1. The van der Waals surface area contributed by atoms with E-state index in [2.05, 4.69) is 4.98 Å². The minimum Gasteiger partial charge on any atom is -0.506 e. The van der Waals surface area contributed by atoms with E-state index in [1.165, 1.54) is 11.3 Å². The number of benzene rings is 2. The largest absolute Gasteiger partial charge is 0.506 e. The molecule has 0 amide bonds. The van der Waals surface area contributed by atoms with Crippen LogP contribution in [0.5, 0.6) is 0 Å². The highest BCUT2D eigenvalue weighted by Crippen LogP contribution is 2.32. The normalized spacial score (nSPS) is 11.7.